The monoisotopic (exact) mass is 320 g/mol. The van der Waals surface area contributed by atoms with Crippen molar-refractivity contribution in [3.8, 4) is 11.8 Å². The maximum atomic E-state index is 5.60. The van der Waals surface area contributed by atoms with Gasteiger partial charge in [0.05, 0.1) is 12.4 Å². The molecule has 0 atom stereocenters. The molecule has 24 heavy (non-hydrogen) atoms. The molecule has 4 heterocycles. The molecule has 0 fully saturated rings. The van der Waals surface area contributed by atoms with Crippen molar-refractivity contribution < 1.29 is 9.47 Å². The van der Waals surface area contributed by atoms with Gasteiger partial charge in [-0.3, -0.25) is 0 Å². The third-order valence-corrected chi connectivity index (χ3v) is 4.01. The van der Waals surface area contributed by atoms with Crippen molar-refractivity contribution in [3.63, 3.8) is 0 Å². The lowest BCUT2D eigenvalue weighted by atomic mass is 10.2. The zero-order chi connectivity index (χ0) is 15.9. The van der Waals surface area contributed by atoms with Crippen LogP contribution in [0.3, 0.4) is 0 Å². The number of nitrogens with zero attached hydrogens (tertiary/aromatic N) is 6. The van der Waals surface area contributed by atoms with Crippen LogP contribution in [0.25, 0.3) is 0 Å². The molecule has 0 spiro atoms. The summed E-state index contributed by atoms with van der Waals surface area (Å²) in [6.07, 6.45) is 6.47. The van der Waals surface area contributed by atoms with E-state index in [1.165, 1.54) is 12.7 Å². The van der Waals surface area contributed by atoms with Crippen molar-refractivity contribution in [1.82, 2.24) is 19.9 Å². The average molecular weight is 320 g/mol. The highest BCUT2D eigenvalue weighted by Gasteiger charge is 2.26. The van der Waals surface area contributed by atoms with Crippen molar-refractivity contribution in [2.24, 2.45) is 0 Å². The Morgan fingerprint density at radius 2 is 1.33 bits per heavy atom. The average Bonchev–Trinajstić information content (AvgIpc) is 3.26. The first-order valence-electron chi connectivity index (χ1n) is 7.41. The molecule has 5 rings (SSSR count). The number of fused-ring (bicyclic) bond motifs is 2. The van der Waals surface area contributed by atoms with Crippen LogP contribution in [0.15, 0.2) is 49.3 Å². The first-order valence-corrected chi connectivity index (χ1v) is 7.41. The van der Waals surface area contributed by atoms with Gasteiger partial charge < -0.3 is 19.3 Å². The van der Waals surface area contributed by atoms with E-state index in [0.29, 0.717) is 25.2 Å². The maximum Gasteiger partial charge on any atom is 0.242 e. The minimum absolute atomic E-state index is 0.410. The number of aromatic nitrogens is 4. The summed E-state index contributed by atoms with van der Waals surface area (Å²) >= 11 is 0. The molecule has 0 saturated heterocycles. The van der Waals surface area contributed by atoms with Crippen LogP contribution in [-0.2, 0) is 0 Å². The Labute approximate surface area is 137 Å². The van der Waals surface area contributed by atoms with Crippen LogP contribution in [-0.4, -0.2) is 33.4 Å². The van der Waals surface area contributed by atoms with E-state index in [1.807, 2.05) is 28.0 Å². The second kappa shape index (κ2) is 5.05. The van der Waals surface area contributed by atoms with Crippen LogP contribution in [0.5, 0.6) is 11.8 Å². The standard InChI is InChI=1S/C16H12N6O2/c1-2-11(21-9-23-15-13(21)5-17-7-19-15)4-12(3-1)22-10-24-16-14(22)6-18-8-20-16/h1-8H,9-10H2. The Bertz CT molecular complexity index is 848. The summed E-state index contributed by atoms with van der Waals surface area (Å²) in [6.45, 7) is 0.821. The molecular formula is C16H12N6O2. The van der Waals surface area contributed by atoms with Gasteiger partial charge in [0.15, 0.2) is 13.5 Å². The molecule has 0 bridgehead atoms. The highest BCUT2D eigenvalue weighted by Crippen LogP contribution is 2.40. The highest BCUT2D eigenvalue weighted by atomic mass is 16.5. The van der Waals surface area contributed by atoms with Gasteiger partial charge in [0.1, 0.15) is 24.0 Å². The molecule has 0 radical (unpaired) electrons. The van der Waals surface area contributed by atoms with Crippen molar-refractivity contribution >= 4 is 22.7 Å². The lowest BCUT2D eigenvalue weighted by molar-refractivity contribution is 0.344. The van der Waals surface area contributed by atoms with Crippen LogP contribution in [0.4, 0.5) is 22.7 Å². The van der Waals surface area contributed by atoms with E-state index < -0.39 is 0 Å². The molecule has 0 amide bonds. The smallest absolute Gasteiger partial charge is 0.242 e. The molecule has 0 aliphatic carbocycles. The number of anilines is 4. The molecule has 1 aromatic carbocycles. The Morgan fingerprint density at radius 3 is 1.88 bits per heavy atom. The fraction of sp³-hybridized carbons (Fsp3) is 0.125. The summed E-state index contributed by atoms with van der Waals surface area (Å²) in [5.41, 5.74) is 3.70. The van der Waals surface area contributed by atoms with E-state index in [9.17, 15) is 0 Å². The van der Waals surface area contributed by atoms with Gasteiger partial charge in [0.2, 0.25) is 11.8 Å². The van der Waals surface area contributed by atoms with Gasteiger partial charge in [0, 0.05) is 11.4 Å². The molecular weight excluding hydrogens is 308 g/mol. The van der Waals surface area contributed by atoms with Crippen LogP contribution in [0.1, 0.15) is 0 Å². The number of benzene rings is 1. The minimum atomic E-state index is 0.410. The first-order chi connectivity index (χ1) is 11.9. The molecule has 0 saturated carbocycles. The van der Waals surface area contributed by atoms with Crippen LogP contribution < -0.4 is 19.3 Å². The van der Waals surface area contributed by atoms with Gasteiger partial charge in [-0.25, -0.2) is 9.97 Å². The molecule has 2 aliphatic heterocycles. The fourth-order valence-corrected chi connectivity index (χ4v) is 2.86. The lowest BCUT2D eigenvalue weighted by Gasteiger charge is -2.20. The largest absolute Gasteiger partial charge is 0.454 e. The normalized spacial score (nSPS) is 14.8. The van der Waals surface area contributed by atoms with Crippen LogP contribution in [0, 0.1) is 0 Å². The van der Waals surface area contributed by atoms with Crippen molar-refractivity contribution in [2.45, 2.75) is 0 Å². The molecule has 2 aromatic heterocycles. The van der Waals surface area contributed by atoms with E-state index >= 15 is 0 Å². The van der Waals surface area contributed by atoms with E-state index in [2.05, 4.69) is 26.0 Å². The SMILES string of the molecule is c1cc(N2COc3ncncc32)cc(N2COc3ncncc32)c1. The van der Waals surface area contributed by atoms with Gasteiger partial charge >= 0.3 is 0 Å². The topological polar surface area (TPSA) is 76.5 Å². The second-order valence-corrected chi connectivity index (χ2v) is 5.35. The molecule has 3 aromatic rings. The quantitative estimate of drug-likeness (QED) is 0.711. The highest BCUT2D eigenvalue weighted by molar-refractivity contribution is 5.75. The number of hydrogen-bond acceptors (Lipinski definition) is 8. The van der Waals surface area contributed by atoms with E-state index in [-0.39, 0.29) is 0 Å². The summed E-state index contributed by atoms with van der Waals surface area (Å²) in [7, 11) is 0. The van der Waals surface area contributed by atoms with Crippen LogP contribution >= 0.6 is 0 Å². The predicted octanol–water partition coefficient (Wildman–Crippen LogP) is 2.24. The molecule has 8 nitrogen and oxygen atoms in total. The molecule has 118 valence electrons. The second-order valence-electron chi connectivity index (χ2n) is 5.35. The number of hydrogen-bond donors (Lipinski definition) is 0. The summed E-state index contributed by atoms with van der Waals surface area (Å²) in [5, 5.41) is 0. The predicted molar refractivity (Wildman–Crippen MR) is 85.8 cm³/mol. The van der Waals surface area contributed by atoms with Gasteiger partial charge in [0.25, 0.3) is 0 Å². The Hall–Kier alpha value is -3.42. The minimum Gasteiger partial charge on any atom is -0.454 e. The molecule has 8 heteroatoms. The third kappa shape index (κ3) is 1.93. The third-order valence-electron chi connectivity index (χ3n) is 4.01. The summed E-state index contributed by atoms with van der Waals surface area (Å²) in [5.74, 6) is 1.19. The van der Waals surface area contributed by atoms with Crippen LogP contribution in [0.2, 0.25) is 0 Å². The van der Waals surface area contributed by atoms with E-state index in [1.54, 1.807) is 12.4 Å². The Kier molecular flexibility index (Phi) is 2.75. The fourth-order valence-electron chi connectivity index (χ4n) is 2.86. The Balaban J connectivity index is 1.52. The zero-order valence-corrected chi connectivity index (χ0v) is 12.5. The maximum absolute atomic E-state index is 5.60. The zero-order valence-electron chi connectivity index (χ0n) is 12.5. The van der Waals surface area contributed by atoms with Gasteiger partial charge in [-0.2, -0.15) is 9.97 Å². The molecule has 0 unspecified atom stereocenters. The van der Waals surface area contributed by atoms with E-state index in [4.69, 9.17) is 9.47 Å². The summed E-state index contributed by atoms with van der Waals surface area (Å²) in [6, 6.07) is 8.10. The van der Waals surface area contributed by atoms with Gasteiger partial charge in [-0.05, 0) is 18.2 Å². The van der Waals surface area contributed by atoms with Gasteiger partial charge in [-0.15, -0.1) is 0 Å². The van der Waals surface area contributed by atoms with E-state index in [0.717, 1.165) is 22.7 Å². The number of ether oxygens (including phenoxy) is 2. The first kappa shape index (κ1) is 13.1. The van der Waals surface area contributed by atoms with Crippen molar-refractivity contribution in [1.29, 1.82) is 0 Å². The Morgan fingerprint density at radius 1 is 0.792 bits per heavy atom. The number of rotatable bonds is 2. The summed E-state index contributed by atoms with van der Waals surface area (Å²) in [4.78, 5) is 20.5. The van der Waals surface area contributed by atoms with Gasteiger partial charge in [-0.1, -0.05) is 6.07 Å². The molecule has 2 aliphatic rings. The van der Waals surface area contributed by atoms with Crippen molar-refractivity contribution in [2.75, 3.05) is 23.3 Å². The van der Waals surface area contributed by atoms with Crippen molar-refractivity contribution in [3.05, 3.63) is 49.3 Å². The lowest BCUT2D eigenvalue weighted by Crippen LogP contribution is -2.18. The summed E-state index contributed by atoms with van der Waals surface area (Å²) < 4.78 is 11.2. The molecule has 0 N–H and O–H groups in total.